The first kappa shape index (κ1) is 19.2. The third kappa shape index (κ3) is 4.33. The van der Waals surface area contributed by atoms with E-state index in [4.69, 9.17) is 10.5 Å². The predicted molar refractivity (Wildman–Crippen MR) is 86.8 cm³/mol. The summed E-state index contributed by atoms with van der Waals surface area (Å²) < 4.78 is 4.87. The molecule has 1 saturated carbocycles. The molecule has 0 bridgehead atoms. The number of piperazine rings is 1. The van der Waals surface area contributed by atoms with Gasteiger partial charge in [-0.2, -0.15) is 0 Å². The van der Waals surface area contributed by atoms with E-state index in [1.807, 2.05) is 11.8 Å². The van der Waals surface area contributed by atoms with Crippen LogP contribution in [0, 0.1) is 5.92 Å². The van der Waals surface area contributed by atoms with Crippen LogP contribution in [0.2, 0.25) is 0 Å². The first-order chi connectivity index (χ1) is 9.95. The van der Waals surface area contributed by atoms with Crippen LogP contribution >= 0.6 is 12.4 Å². The topological polar surface area (TPSA) is 75.9 Å². The summed E-state index contributed by atoms with van der Waals surface area (Å²) in [7, 11) is 1.52. The van der Waals surface area contributed by atoms with Crippen molar-refractivity contribution in [2.75, 3.05) is 39.9 Å². The van der Waals surface area contributed by atoms with E-state index in [2.05, 4.69) is 0 Å². The van der Waals surface area contributed by atoms with Gasteiger partial charge in [-0.25, -0.2) is 0 Å². The zero-order valence-electron chi connectivity index (χ0n) is 13.5. The van der Waals surface area contributed by atoms with E-state index in [0.717, 1.165) is 25.7 Å². The number of amides is 2. The van der Waals surface area contributed by atoms with Crippen LogP contribution in [0.4, 0.5) is 0 Å². The molecule has 2 N–H and O–H groups in total. The largest absolute Gasteiger partial charge is 0.375 e. The standard InChI is InChI=1S/C15H27N3O3.ClH/c1-15(16)6-4-3-5-12(15)14(20)18-9-7-17(8-10-18)13(19)11-21-2;/h12H,3-11,16H2,1-2H3;1H. The average Bonchev–Trinajstić information content (AvgIpc) is 2.46. The lowest BCUT2D eigenvalue weighted by molar-refractivity contribution is -0.145. The summed E-state index contributed by atoms with van der Waals surface area (Å²) in [5.41, 5.74) is 5.93. The minimum Gasteiger partial charge on any atom is -0.375 e. The third-order valence-electron chi connectivity index (χ3n) is 4.76. The number of nitrogens with two attached hydrogens (primary N) is 1. The van der Waals surface area contributed by atoms with E-state index in [9.17, 15) is 9.59 Å². The zero-order valence-corrected chi connectivity index (χ0v) is 14.4. The van der Waals surface area contributed by atoms with Gasteiger partial charge in [-0.05, 0) is 19.8 Å². The number of hydrogen-bond donors (Lipinski definition) is 1. The monoisotopic (exact) mass is 333 g/mol. The summed E-state index contributed by atoms with van der Waals surface area (Å²) in [6, 6.07) is 0. The molecule has 2 atom stereocenters. The second-order valence-electron chi connectivity index (χ2n) is 6.44. The van der Waals surface area contributed by atoms with Crippen LogP contribution in [0.15, 0.2) is 0 Å². The van der Waals surface area contributed by atoms with Crippen LogP contribution in [0.5, 0.6) is 0 Å². The molecule has 0 aromatic rings. The van der Waals surface area contributed by atoms with Crippen molar-refractivity contribution in [1.29, 1.82) is 0 Å². The number of ether oxygens (including phenoxy) is 1. The molecule has 2 rings (SSSR count). The Morgan fingerprint density at radius 2 is 1.77 bits per heavy atom. The lowest BCUT2D eigenvalue weighted by Gasteiger charge is -2.42. The summed E-state index contributed by atoms with van der Waals surface area (Å²) in [4.78, 5) is 28.1. The molecule has 1 saturated heterocycles. The highest BCUT2D eigenvalue weighted by atomic mass is 35.5. The fraction of sp³-hybridized carbons (Fsp3) is 0.867. The summed E-state index contributed by atoms with van der Waals surface area (Å²) >= 11 is 0. The van der Waals surface area contributed by atoms with Gasteiger partial charge in [0, 0.05) is 38.8 Å². The molecule has 2 aliphatic rings. The van der Waals surface area contributed by atoms with E-state index in [1.54, 1.807) is 4.90 Å². The second kappa shape index (κ2) is 8.13. The van der Waals surface area contributed by atoms with Crippen molar-refractivity contribution in [2.24, 2.45) is 11.7 Å². The summed E-state index contributed by atoms with van der Waals surface area (Å²) in [5, 5.41) is 0. The number of hydrogen-bond acceptors (Lipinski definition) is 4. The molecule has 0 radical (unpaired) electrons. The van der Waals surface area contributed by atoms with E-state index in [1.165, 1.54) is 7.11 Å². The highest BCUT2D eigenvalue weighted by Gasteiger charge is 2.40. The summed E-state index contributed by atoms with van der Waals surface area (Å²) in [5.74, 6) is 0.0805. The minimum absolute atomic E-state index is 0. The van der Waals surface area contributed by atoms with Crippen molar-refractivity contribution < 1.29 is 14.3 Å². The molecular formula is C15H28ClN3O3. The Hall–Kier alpha value is -0.850. The minimum atomic E-state index is -0.391. The van der Waals surface area contributed by atoms with Gasteiger partial charge in [-0.15, -0.1) is 12.4 Å². The Kier molecular flexibility index (Phi) is 7.09. The second-order valence-corrected chi connectivity index (χ2v) is 6.44. The van der Waals surface area contributed by atoms with Gasteiger partial charge in [-0.1, -0.05) is 12.8 Å². The molecule has 6 nitrogen and oxygen atoms in total. The van der Waals surface area contributed by atoms with Crippen LogP contribution in [0.3, 0.4) is 0 Å². The average molecular weight is 334 g/mol. The number of rotatable bonds is 3. The summed E-state index contributed by atoms with van der Waals surface area (Å²) in [6.45, 7) is 4.47. The van der Waals surface area contributed by atoms with Crippen LogP contribution in [0.1, 0.15) is 32.6 Å². The van der Waals surface area contributed by atoms with Crippen molar-refractivity contribution in [3.63, 3.8) is 0 Å². The first-order valence-electron chi connectivity index (χ1n) is 7.80. The molecule has 128 valence electrons. The van der Waals surface area contributed by atoms with Gasteiger partial charge in [-0.3, -0.25) is 9.59 Å². The van der Waals surface area contributed by atoms with Gasteiger partial charge in [0.15, 0.2) is 0 Å². The Labute approximate surface area is 138 Å². The van der Waals surface area contributed by atoms with Gasteiger partial charge in [0.05, 0.1) is 5.92 Å². The number of carbonyl (C=O) groups excluding carboxylic acids is 2. The fourth-order valence-electron chi connectivity index (χ4n) is 3.38. The molecule has 0 aromatic carbocycles. The maximum Gasteiger partial charge on any atom is 0.248 e. The molecule has 0 spiro atoms. The van der Waals surface area contributed by atoms with Crippen molar-refractivity contribution in [2.45, 2.75) is 38.1 Å². The molecular weight excluding hydrogens is 306 g/mol. The Morgan fingerprint density at radius 1 is 1.18 bits per heavy atom. The number of carbonyl (C=O) groups is 2. The van der Waals surface area contributed by atoms with E-state index >= 15 is 0 Å². The molecule has 1 aliphatic heterocycles. The van der Waals surface area contributed by atoms with Gasteiger partial charge >= 0.3 is 0 Å². The number of nitrogens with zero attached hydrogens (tertiary/aromatic N) is 2. The molecule has 2 unspecified atom stereocenters. The Balaban J connectivity index is 0.00000242. The predicted octanol–water partition coefficient (Wildman–Crippen LogP) is 0.633. The van der Waals surface area contributed by atoms with Crippen LogP contribution in [-0.2, 0) is 14.3 Å². The third-order valence-corrected chi connectivity index (χ3v) is 4.76. The smallest absolute Gasteiger partial charge is 0.248 e. The number of methoxy groups -OCH3 is 1. The van der Waals surface area contributed by atoms with Crippen molar-refractivity contribution in [3.8, 4) is 0 Å². The molecule has 1 aliphatic carbocycles. The Morgan fingerprint density at radius 3 is 2.32 bits per heavy atom. The maximum atomic E-state index is 12.7. The number of halogens is 1. The van der Waals surface area contributed by atoms with Crippen molar-refractivity contribution in [3.05, 3.63) is 0 Å². The van der Waals surface area contributed by atoms with Crippen molar-refractivity contribution in [1.82, 2.24) is 9.80 Å². The maximum absolute atomic E-state index is 12.7. The highest BCUT2D eigenvalue weighted by molar-refractivity contribution is 5.85. The molecule has 7 heteroatoms. The van der Waals surface area contributed by atoms with Gasteiger partial charge < -0.3 is 20.3 Å². The highest BCUT2D eigenvalue weighted by Crippen LogP contribution is 2.33. The lowest BCUT2D eigenvalue weighted by atomic mass is 9.74. The molecule has 1 heterocycles. The zero-order chi connectivity index (χ0) is 15.5. The van der Waals surface area contributed by atoms with Crippen molar-refractivity contribution >= 4 is 24.2 Å². The molecule has 2 amide bonds. The van der Waals surface area contributed by atoms with Crippen LogP contribution in [0.25, 0.3) is 0 Å². The normalized spacial score (nSPS) is 29.0. The molecule has 0 aromatic heterocycles. The Bertz CT molecular complexity index is 395. The van der Waals surface area contributed by atoms with E-state index < -0.39 is 5.54 Å². The quantitative estimate of drug-likeness (QED) is 0.822. The van der Waals surface area contributed by atoms with E-state index in [0.29, 0.717) is 26.2 Å². The van der Waals surface area contributed by atoms with Gasteiger partial charge in [0.1, 0.15) is 6.61 Å². The van der Waals surface area contributed by atoms with Crippen LogP contribution < -0.4 is 5.73 Å². The molecule has 2 fully saturated rings. The fourth-order valence-corrected chi connectivity index (χ4v) is 3.38. The SMILES string of the molecule is COCC(=O)N1CCN(C(=O)C2CCCCC2(C)N)CC1.Cl. The molecule has 22 heavy (non-hydrogen) atoms. The first-order valence-corrected chi connectivity index (χ1v) is 7.80. The lowest BCUT2D eigenvalue weighted by Crippen LogP contribution is -2.58. The van der Waals surface area contributed by atoms with Gasteiger partial charge in [0.25, 0.3) is 0 Å². The van der Waals surface area contributed by atoms with Crippen LogP contribution in [-0.4, -0.2) is 67.0 Å². The van der Waals surface area contributed by atoms with E-state index in [-0.39, 0.29) is 36.7 Å². The summed E-state index contributed by atoms with van der Waals surface area (Å²) in [6.07, 6.45) is 3.98. The van der Waals surface area contributed by atoms with Gasteiger partial charge in [0.2, 0.25) is 11.8 Å².